The summed E-state index contributed by atoms with van der Waals surface area (Å²) in [5.41, 5.74) is -4.08. The van der Waals surface area contributed by atoms with Gasteiger partial charge in [-0.1, -0.05) is 25.4 Å². The van der Waals surface area contributed by atoms with E-state index < -0.39 is 46.2 Å². The number of aliphatic carboxylic acids is 1. The van der Waals surface area contributed by atoms with Crippen LogP contribution in [0.25, 0.3) is 0 Å². The van der Waals surface area contributed by atoms with Crippen molar-refractivity contribution in [2.75, 3.05) is 0 Å². The molecule has 19 heavy (non-hydrogen) atoms. The highest BCUT2D eigenvalue weighted by Crippen LogP contribution is 2.64. The predicted molar refractivity (Wildman–Crippen MR) is 53.4 cm³/mol. The summed E-state index contributed by atoms with van der Waals surface area (Å²) in [5.74, 6) is -4.33. The molecular weight excluding hydrogens is 302 g/mol. The Bertz CT molecular complexity index is 418. The second kappa shape index (κ2) is 4.29. The SMILES string of the molecule is CC1(C)C(C(=O)O)C1C(Cl)=C(C(F)(F)F)C(F)(F)F. The lowest BCUT2D eigenvalue weighted by atomic mass is 10.1. The summed E-state index contributed by atoms with van der Waals surface area (Å²) in [6.07, 6.45) is -11.4. The van der Waals surface area contributed by atoms with Gasteiger partial charge in [-0.15, -0.1) is 0 Å². The standard InChI is InChI=1S/C10H9ClF6O2/c1-8(2)3(4(8)7(18)19)5(11)6(9(12,13)14)10(15,16)17/h3-4H,1-2H3,(H,18,19). The Balaban J connectivity index is 3.32. The third kappa shape index (κ3) is 2.82. The van der Waals surface area contributed by atoms with Crippen molar-refractivity contribution >= 4 is 17.6 Å². The van der Waals surface area contributed by atoms with Crippen LogP contribution in [0.15, 0.2) is 10.6 Å². The van der Waals surface area contributed by atoms with Gasteiger partial charge >= 0.3 is 18.3 Å². The molecule has 1 N–H and O–H groups in total. The summed E-state index contributed by atoms with van der Waals surface area (Å²) in [7, 11) is 0. The minimum atomic E-state index is -5.68. The molecule has 0 aromatic rings. The number of carboxylic acids is 1. The minimum Gasteiger partial charge on any atom is -0.481 e. The molecule has 110 valence electrons. The number of halogens is 7. The Hall–Kier alpha value is -0.920. The first-order valence-corrected chi connectivity index (χ1v) is 5.37. The first-order valence-electron chi connectivity index (χ1n) is 4.99. The summed E-state index contributed by atoms with van der Waals surface area (Å²) in [4.78, 5) is 10.8. The van der Waals surface area contributed by atoms with Gasteiger partial charge in [0.25, 0.3) is 0 Å². The Kier molecular flexibility index (Phi) is 3.64. The van der Waals surface area contributed by atoms with E-state index in [9.17, 15) is 31.1 Å². The van der Waals surface area contributed by atoms with Crippen molar-refractivity contribution in [3.63, 3.8) is 0 Å². The Morgan fingerprint density at radius 3 is 1.63 bits per heavy atom. The molecule has 9 heteroatoms. The van der Waals surface area contributed by atoms with Crippen LogP contribution >= 0.6 is 11.6 Å². The van der Waals surface area contributed by atoms with Crippen LogP contribution in [-0.4, -0.2) is 23.4 Å². The van der Waals surface area contributed by atoms with Gasteiger partial charge in [-0.25, -0.2) is 0 Å². The zero-order chi connectivity index (χ0) is 15.4. The van der Waals surface area contributed by atoms with Gasteiger partial charge in [0.1, 0.15) is 0 Å². The molecule has 0 aromatic carbocycles. The van der Waals surface area contributed by atoms with Crippen LogP contribution in [0.5, 0.6) is 0 Å². The maximum absolute atomic E-state index is 12.4. The number of hydrogen-bond acceptors (Lipinski definition) is 1. The van der Waals surface area contributed by atoms with Crippen molar-refractivity contribution in [2.45, 2.75) is 26.2 Å². The summed E-state index contributed by atoms with van der Waals surface area (Å²) < 4.78 is 74.5. The van der Waals surface area contributed by atoms with Gasteiger partial charge in [-0.2, -0.15) is 26.3 Å². The van der Waals surface area contributed by atoms with Crippen LogP contribution in [0.2, 0.25) is 0 Å². The third-order valence-electron chi connectivity index (χ3n) is 3.17. The van der Waals surface area contributed by atoms with Gasteiger partial charge in [-0.3, -0.25) is 4.79 Å². The highest BCUT2D eigenvalue weighted by Gasteiger charge is 2.66. The van der Waals surface area contributed by atoms with Crippen LogP contribution in [0.4, 0.5) is 26.3 Å². The number of rotatable bonds is 2. The number of allylic oxidation sites excluding steroid dienone is 2. The monoisotopic (exact) mass is 310 g/mol. The number of carbonyl (C=O) groups is 1. The molecule has 0 spiro atoms. The molecule has 0 radical (unpaired) electrons. The molecule has 0 saturated heterocycles. The van der Waals surface area contributed by atoms with E-state index in [2.05, 4.69) is 0 Å². The van der Waals surface area contributed by atoms with Crippen LogP contribution in [0.3, 0.4) is 0 Å². The summed E-state index contributed by atoms with van der Waals surface area (Å²) in [5, 5.41) is 7.26. The van der Waals surface area contributed by atoms with E-state index in [4.69, 9.17) is 16.7 Å². The summed E-state index contributed by atoms with van der Waals surface area (Å²) in [6.45, 7) is 2.51. The molecule has 2 nitrogen and oxygen atoms in total. The average molecular weight is 311 g/mol. The van der Waals surface area contributed by atoms with Gasteiger partial charge in [0, 0.05) is 11.0 Å². The van der Waals surface area contributed by atoms with Gasteiger partial charge in [0.05, 0.1) is 5.92 Å². The van der Waals surface area contributed by atoms with Crippen LogP contribution < -0.4 is 0 Å². The molecule has 0 bridgehead atoms. The van der Waals surface area contributed by atoms with Gasteiger partial charge in [-0.05, 0) is 5.41 Å². The molecule has 1 fully saturated rings. The Labute approximate surface area is 109 Å². The van der Waals surface area contributed by atoms with Crippen molar-refractivity contribution in [3.8, 4) is 0 Å². The van der Waals surface area contributed by atoms with Crippen molar-refractivity contribution in [2.24, 2.45) is 17.3 Å². The maximum atomic E-state index is 12.4. The molecule has 2 unspecified atom stereocenters. The van der Waals surface area contributed by atoms with E-state index in [-0.39, 0.29) is 0 Å². The van der Waals surface area contributed by atoms with E-state index in [1.807, 2.05) is 0 Å². The van der Waals surface area contributed by atoms with Crippen molar-refractivity contribution in [3.05, 3.63) is 10.6 Å². The van der Waals surface area contributed by atoms with E-state index in [0.29, 0.717) is 0 Å². The van der Waals surface area contributed by atoms with Crippen molar-refractivity contribution in [1.82, 2.24) is 0 Å². The van der Waals surface area contributed by atoms with E-state index in [0.717, 1.165) is 0 Å². The molecule has 1 saturated carbocycles. The van der Waals surface area contributed by atoms with Gasteiger partial charge < -0.3 is 5.11 Å². The molecule has 2 atom stereocenters. The Morgan fingerprint density at radius 1 is 1.05 bits per heavy atom. The van der Waals surface area contributed by atoms with E-state index in [1.165, 1.54) is 13.8 Å². The fourth-order valence-corrected chi connectivity index (χ4v) is 2.78. The molecule has 1 aliphatic carbocycles. The number of carboxylic acid groups (broad SMARTS) is 1. The predicted octanol–water partition coefficient (Wildman–Crippen LogP) is 3.96. The molecular formula is C10H9ClF6O2. The highest BCUT2D eigenvalue weighted by atomic mass is 35.5. The fourth-order valence-electron chi connectivity index (χ4n) is 2.16. The van der Waals surface area contributed by atoms with E-state index in [1.54, 1.807) is 0 Å². The van der Waals surface area contributed by atoms with Gasteiger partial charge in [0.2, 0.25) is 0 Å². The molecule has 0 heterocycles. The average Bonchev–Trinajstić information content (AvgIpc) is 2.62. The van der Waals surface area contributed by atoms with Crippen LogP contribution in [-0.2, 0) is 4.79 Å². The number of hydrogen-bond donors (Lipinski definition) is 1. The molecule has 1 aliphatic rings. The second-order valence-electron chi connectivity index (χ2n) is 4.83. The molecule has 1 rings (SSSR count). The van der Waals surface area contributed by atoms with Gasteiger partial charge in [0.15, 0.2) is 5.57 Å². The zero-order valence-electron chi connectivity index (χ0n) is 9.66. The minimum absolute atomic E-state index is 1.25. The largest absolute Gasteiger partial charge is 0.481 e. The first-order chi connectivity index (χ1) is 8.22. The molecule has 0 aliphatic heterocycles. The Morgan fingerprint density at radius 2 is 1.42 bits per heavy atom. The van der Waals surface area contributed by atoms with Crippen LogP contribution in [0, 0.1) is 17.3 Å². The van der Waals surface area contributed by atoms with Crippen LogP contribution in [0.1, 0.15) is 13.8 Å². The molecule has 0 aromatic heterocycles. The summed E-state index contributed by atoms with van der Waals surface area (Å²) >= 11 is 5.21. The van der Waals surface area contributed by atoms with E-state index >= 15 is 0 Å². The van der Waals surface area contributed by atoms with Crippen molar-refractivity contribution in [1.29, 1.82) is 0 Å². The fraction of sp³-hybridized carbons (Fsp3) is 0.700. The maximum Gasteiger partial charge on any atom is 0.422 e. The zero-order valence-corrected chi connectivity index (χ0v) is 10.4. The summed E-state index contributed by atoms with van der Waals surface area (Å²) in [6, 6.07) is 0. The highest BCUT2D eigenvalue weighted by molar-refractivity contribution is 6.31. The lowest BCUT2D eigenvalue weighted by molar-refractivity contribution is -0.173. The topological polar surface area (TPSA) is 37.3 Å². The second-order valence-corrected chi connectivity index (χ2v) is 5.24. The quantitative estimate of drug-likeness (QED) is 0.784. The smallest absolute Gasteiger partial charge is 0.422 e. The lowest BCUT2D eigenvalue weighted by Gasteiger charge is -2.17. The molecule has 0 amide bonds. The lowest BCUT2D eigenvalue weighted by Crippen LogP contribution is -2.28. The normalized spacial score (nSPS) is 25.9. The first kappa shape index (κ1) is 16.1. The third-order valence-corrected chi connectivity index (χ3v) is 3.60. The van der Waals surface area contributed by atoms with Crippen molar-refractivity contribution < 1.29 is 36.2 Å². The number of alkyl halides is 6.